The van der Waals surface area contributed by atoms with E-state index in [-0.39, 0.29) is 23.5 Å². The van der Waals surface area contributed by atoms with Crippen LogP contribution in [0.3, 0.4) is 0 Å². The maximum Gasteiger partial charge on any atom is 0.270 e. The smallest absolute Gasteiger partial charge is 0.263 e. The Balaban J connectivity index is 2.55. The van der Waals surface area contributed by atoms with E-state index in [4.69, 9.17) is 5.26 Å². The first-order valence-corrected chi connectivity index (χ1v) is 9.10. The Labute approximate surface area is 152 Å². The summed E-state index contributed by atoms with van der Waals surface area (Å²) >= 11 is 0. The highest BCUT2D eigenvalue weighted by molar-refractivity contribution is 7.92. The van der Waals surface area contributed by atoms with E-state index in [0.29, 0.717) is 11.3 Å². The molecule has 0 spiro atoms. The van der Waals surface area contributed by atoms with Gasteiger partial charge in [-0.3, -0.25) is 14.4 Å². The van der Waals surface area contributed by atoms with E-state index in [0.717, 1.165) is 15.9 Å². The van der Waals surface area contributed by atoms with Gasteiger partial charge < -0.3 is 0 Å². The molecule has 0 bridgehead atoms. The largest absolute Gasteiger partial charge is 0.270 e. The van der Waals surface area contributed by atoms with Crippen molar-refractivity contribution >= 4 is 21.4 Å². The average molecular weight is 371 g/mol. The van der Waals surface area contributed by atoms with Crippen LogP contribution >= 0.6 is 0 Å². The summed E-state index contributed by atoms with van der Waals surface area (Å²) in [4.78, 5) is 10.2. The predicted molar refractivity (Wildman–Crippen MR) is 98.3 cm³/mol. The lowest BCUT2D eigenvalue weighted by Gasteiger charge is -2.24. The van der Waals surface area contributed by atoms with Crippen LogP contribution in [-0.4, -0.2) is 19.9 Å². The minimum Gasteiger partial charge on any atom is -0.263 e. The maximum absolute atomic E-state index is 13.1. The summed E-state index contributed by atoms with van der Waals surface area (Å²) in [5.41, 5.74) is 1.26. The number of anilines is 1. The van der Waals surface area contributed by atoms with Crippen LogP contribution in [0.4, 0.5) is 11.4 Å². The van der Waals surface area contributed by atoms with Crippen LogP contribution in [0.1, 0.15) is 11.1 Å². The van der Waals surface area contributed by atoms with E-state index < -0.39 is 14.9 Å². The minimum atomic E-state index is -4.04. The number of benzene rings is 2. The van der Waals surface area contributed by atoms with E-state index in [1.807, 2.05) is 6.07 Å². The van der Waals surface area contributed by atoms with Crippen molar-refractivity contribution in [2.75, 3.05) is 10.8 Å². The lowest BCUT2D eigenvalue weighted by Crippen LogP contribution is -2.31. The molecule has 2 aromatic carbocycles. The van der Waals surface area contributed by atoms with Crippen molar-refractivity contribution in [2.24, 2.45) is 0 Å². The molecule has 26 heavy (non-hydrogen) atoms. The number of sulfonamides is 1. The van der Waals surface area contributed by atoms with Gasteiger partial charge in [0.05, 0.1) is 34.5 Å². The third-order valence-corrected chi connectivity index (χ3v) is 5.69. The molecular formula is C18H17N3O4S. The van der Waals surface area contributed by atoms with E-state index >= 15 is 0 Å². The second-order valence-corrected chi connectivity index (χ2v) is 7.36. The maximum atomic E-state index is 13.1. The van der Waals surface area contributed by atoms with Crippen molar-refractivity contribution in [3.8, 4) is 6.07 Å². The fraction of sp³-hybridized carbons (Fsp3) is 0.167. The molecule has 0 aliphatic heterocycles. The van der Waals surface area contributed by atoms with Gasteiger partial charge in [0.25, 0.3) is 15.7 Å². The molecule has 0 N–H and O–H groups in total. The van der Waals surface area contributed by atoms with Crippen LogP contribution in [0.2, 0.25) is 0 Å². The Kier molecular flexibility index (Phi) is 5.75. The van der Waals surface area contributed by atoms with Crippen molar-refractivity contribution < 1.29 is 13.3 Å². The SMILES string of the molecule is C=CCN(c1ccc(CC#N)cc1)S(=O)(=O)c1cc([N+](=O)[O-])ccc1C. The molecule has 0 heterocycles. The van der Waals surface area contributed by atoms with Crippen molar-refractivity contribution in [3.05, 3.63) is 76.4 Å². The normalized spacial score (nSPS) is 10.8. The Morgan fingerprint density at radius 3 is 2.46 bits per heavy atom. The summed E-state index contributed by atoms with van der Waals surface area (Å²) in [6.07, 6.45) is 1.66. The van der Waals surface area contributed by atoms with Gasteiger partial charge in [-0.2, -0.15) is 5.26 Å². The molecule has 0 atom stereocenters. The number of non-ortho nitro benzene ring substituents is 1. The number of nitro benzene ring substituents is 1. The standard InChI is InChI=1S/C18H17N3O4S/c1-3-12-20(16-8-5-15(6-9-16)10-11-19)26(24,25)18-13-17(21(22)23)7-4-14(18)2/h3-9,13H,1,10,12H2,2H3. The first-order valence-electron chi connectivity index (χ1n) is 7.66. The topological polar surface area (TPSA) is 104 Å². The fourth-order valence-corrected chi connectivity index (χ4v) is 4.11. The molecule has 0 aliphatic carbocycles. The Morgan fingerprint density at radius 2 is 1.92 bits per heavy atom. The van der Waals surface area contributed by atoms with Crippen molar-refractivity contribution in [1.29, 1.82) is 5.26 Å². The lowest BCUT2D eigenvalue weighted by molar-refractivity contribution is -0.385. The number of nitrogens with zero attached hydrogens (tertiary/aromatic N) is 3. The predicted octanol–water partition coefficient (Wildman–Crippen LogP) is 3.35. The molecule has 7 nitrogen and oxygen atoms in total. The lowest BCUT2D eigenvalue weighted by atomic mass is 10.1. The Bertz CT molecular complexity index is 976. The highest BCUT2D eigenvalue weighted by atomic mass is 32.2. The molecule has 0 amide bonds. The second-order valence-electron chi connectivity index (χ2n) is 5.53. The number of nitro groups is 1. The third-order valence-electron chi connectivity index (χ3n) is 3.75. The molecule has 0 fully saturated rings. The number of hydrogen-bond donors (Lipinski definition) is 0. The summed E-state index contributed by atoms with van der Waals surface area (Å²) in [5.74, 6) is 0. The quantitative estimate of drug-likeness (QED) is 0.422. The summed E-state index contributed by atoms with van der Waals surface area (Å²) < 4.78 is 27.4. The molecule has 134 valence electrons. The number of nitriles is 1. The zero-order chi connectivity index (χ0) is 19.3. The van der Waals surface area contributed by atoms with Crippen molar-refractivity contribution in [3.63, 3.8) is 0 Å². The number of hydrogen-bond acceptors (Lipinski definition) is 5. The summed E-state index contributed by atoms with van der Waals surface area (Å²) in [5, 5.41) is 19.7. The monoisotopic (exact) mass is 371 g/mol. The van der Waals surface area contributed by atoms with Gasteiger partial charge in [-0.1, -0.05) is 24.3 Å². The highest BCUT2D eigenvalue weighted by Crippen LogP contribution is 2.28. The summed E-state index contributed by atoms with van der Waals surface area (Å²) in [6, 6.07) is 12.3. The molecule has 8 heteroatoms. The molecule has 2 rings (SSSR count). The van der Waals surface area contributed by atoms with Crippen LogP contribution in [0, 0.1) is 28.4 Å². The van der Waals surface area contributed by atoms with Gasteiger partial charge in [-0.05, 0) is 30.2 Å². The zero-order valence-corrected chi connectivity index (χ0v) is 14.9. The highest BCUT2D eigenvalue weighted by Gasteiger charge is 2.27. The van der Waals surface area contributed by atoms with Gasteiger partial charge >= 0.3 is 0 Å². The molecule has 0 unspecified atom stereocenters. The van der Waals surface area contributed by atoms with Crippen LogP contribution < -0.4 is 4.31 Å². The van der Waals surface area contributed by atoms with E-state index in [1.54, 1.807) is 31.2 Å². The molecule has 0 saturated carbocycles. The van der Waals surface area contributed by atoms with Gasteiger partial charge in [0, 0.05) is 12.1 Å². The van der Waals surface area contributed by atoms with Gasteiger partial charge in [0.2, 0.25) is 0 Å². The van der Waals surface area contributed by atoms with Gasteiger partial charge in [-0.15, -0.1) is 6.58 Å². The molecular weight excluding hydrogens is 354 g/mol. The van der Waals surface area contributed by atoms with Gasteiger partial charge in [0.15, 0.2) is 0 Å². The van der Waals surface area contributed by atoms with Crippen LogP contribution in [0.5, 0.6) is 0 Å². The van der Waals surface area contributed by atoms with Crippen molar-refractivity contribution in [2.45, 2.75) is 18.2 Å². The van der Waals surface area contributed by atoms with E-state index in [9.17, 15) is 18.5 Å². The third kappa shape index (κ3) is 3.90. The van der Waals surface area contributed by atoms with Gasteiger partial charge in [0.1, 0.15) is 0 Å². The Morgan fingerprint density at radius 1 is 1.27 bits per heavy atom. The molecule has 0 aliphatic rings. The van der Waals surface area contributed by atoms with Crippen molar-refractivity contribution in [1.82, 2.24) is 0 Å². The molecule has 0 radical (unpaired) electrons. The molecule has 0 aromatic heterocycles. The average Bonchev–Trinajstić information content (AvgIpc) is 2.60. The van der Waals surface area contributed by atoms with Crippen LogP contribution in [0.25, 0.3) is 0 Å². The molecule has 0 saturated heterocycles. The van der Waals surface area contributed by atoms with Crippen LogP contribution in [-0.2, 0) is 16.4 Å². The number of aryl methyl sites for hydroxylation is 1. The molecule has 2 aromatic rings. The fourth-order valence-electron chi connectivity index (χ4n) is 2.43. The zero-order valence-electron chi connectivity index (χ0n) is 14.1. The summed E-state index contributed by atoms with van der Waals surface area (Å²) in [6.45, 7) is 5.18. The Hall–Kier alpha value is -3.18. The number of rotatable bonds is 7. The van der Waals surface area contributed by atoms with E-state index in [2.05, 4.69) is 6.58 Å². The van der Waals surface area contributed by atoms with Gasteiger partial charge in [-0.25, -0.2) is 8.42 Å². The van der Waals surface area contributed by atoms with E-state index in [1.165, 1.54) is 18.2 Å². The second kappa shape index (κ2) is 7.80. The summed E-state index contributed by atoms with van der Waals surface area (Å²) in [7, 11) is -4.04. The minimum absolute atomic E-state index is 0.00205. The first-order chi connectivity index (χ1) is 12.3. The van der Waals surface area contributed by atoms with Crippen LogP contribution in [0.15, 0.2) is 60.0 Å². The first kappa shape index (κ1) is 19.1.